The highest BCUT2D eigenvalue weighted by Gasteiger charge is 2.42. The number of anilines is 1. The van der Waals surface area contributed by atoms with Crippen LogP contribution in [0.3, 0.4) is 0 Å². The molecule has 0 aliphatic rings. The van der Waals surface area contributed by atoms with Gasteiger partial charge in [0, 0.05) is 45.9 Å². The van der Waals surface area contributed by atoms with E-state index < -0.39 is 81.4 Å². The van der Waals surface area contributed by atoms with E-state index >= 15 is 4.39 Å². The molecule has 10 nitrogen and oxygen atoms in total. The van der Waals surface area contributed by atoms with E-state index in [2.05, 4.69) is 40.0 Å². The maximum absolute atomic E-state index is 15.3. The summed E-state index contributed by atoms with van der Waals surface area (Å²) in [5.41, 5.74) is -5.19. The van der Waals surface area contributed by atoms with E-state index in [1.54, 1.807) is 6.92 Å². The number of pyridine rings is 1. The Morgan fingerprint density at radius 1 is 0.909 bits per heavy atom. The van der Waals surface area contributed by atoms with Gasteiger partial charge in [-0.3, -0.25) is 9.59 Å². The maximum atomic E-state index is 15.3. The fourth-order valence-corrected chi connectivity index (χ4v) is 7.52. The summed E-state index contributed by atoms with van der Waals surface area (Å²) in [4.78, 5) is 34.0. The van der Waals surface area contributed by atoms with E-state index in [1.807, 2.05) is 33.9 Å². The zero-order valence-corrected chi connectivity index (χ0v) is 34.2. The van der Waals surface area contributed by atoms with E-state index in [0.717, 1.165) is 18.3 Å². The number of nitrogens with zero attached hydrogens (tertiary/aromatic N) is 5. The Bertz CT molecular complexity index is 2090. The van der Waals surface area contributed by atoms with Gasteiger partial charge in [0.05, 0.1) is 34.5 Å². The van der Waals surface area contributed by atoms with Gasteiger partial charge in [0.1, 0.15) is 18.1 Å². The first-order valence-electron chi connectivity index (χ1n) is 17.6. The molecule has 0 aliphatic heterocycles. The Balaban J connectivity index is 1.62. The summed E-state index contributed by atoms with van der Waals surface area (Å²) < 4.78 is 112. The number of hydrogen-bond acceptors (Lipinski definition) is 8. The second kappa shape index (κ2) is 16.3. The van der Waals surface area contributed by atoms with Crippen molar-refractivity contribution in [1.82, 2.24) is 24.3 Å². The largest absolute Gasteiger partial charge is 0.423 e. The molecule has 302 valence electrons. The van der Waals surface area contributed by atoms with Crippen LogP contribution in [0.15, 0.2) is 52.6 Å². The van der Waals surface area contributed by atoms with E-state index in [4.69, 9.17) is 9.16 Å². The molecule has 0 saturated carbocycles. The molecule has 0 radical (unpaired) electrons. The first-order valence-corrected chi connectivity index (χ1v) is 24.2. The number of aromatic nitrogens is 5. The van der Waals surface area contributed by atoms with Gasteiger partial charge in [-0.1, -0.05) is 40.4 Å². The van der Waals surface area contributed by atoms with Crippen molar-refractivity contribution in [2.45, 2.75) is 116 Å². The number of alkyl halides is 6. The highest BCUT2D eigenvalue weighted by Crippen LogP contribution is 2.39. The number of aryl methyl sites for hydroxylation is 1. The van der Waals surface area contributed by atoms with Crippen LogP contribution in [0.1, 0.15) is 45.2 Å². The zero-order valence-electron chi connectivity index (χ0n) is 32.2. The Hall–Kier alpha value is -3.95. The molecule has 0 aliphatic carbocycles. The minimum Gasteiger partial charge on any atom is -0.412 e. The van der Waals surface area contributed by atoms with Crippen molar-refractivity contribution in [3.63, 3.8) is 0 Å². The topological polar surface area (TPSA) is 113 Å². The summed E-state index contributed by atoms with van der Waals surface area (Å²) in [6, 6.07) is 3.70. The van der Waals surface area contributed by atoms with Crippen molar-refractivity contribution in [2.75, 3.05) is 11.9 Å². The van der Waals surface area contributed by atoms with Gasteiger partial charge in [0.2, 0.25) is 0 Å². The van der Waals surface area contributed by atoms with Gasteiger partial charge in [-0.2, -0.15) is 31.4 Å². The molecule has 2 unspecified atom stereocenters. The van der Waals surface area contributed by atoms with Gasteiger partial charge >= 0.3 is 12.4 Å². The van der Waals surface area contributed by atoms with Crippen molar-refractivity contribution >= 4 is 32.9 Å². The third kappa shape index (κ3) is 10.9. The molecule has 0 fully saturated rings. The summed E-state index contributed by atoms with van der Waals surface area (Å²) in [6.45, 7) is 17.8. The maximum Gasteiger partial charge on any atom is 0.423 e. The van der Waals surface area contributed by atoms with Gasteiger partial charge in [-0.25, -0.2) is 19.0 Å². The van der Waals surface area contributed by atoms with Crippen molar-refractivity contribution in [3.8, 4) is 11.4 Å². The minimum atomic E-state index is -5.02. The summed E-state index contributed by atoms with van der Waals surface area (Å²) in [5.74, 6) is -1.22. The lowest BCUT2D eigenvalue weighted by atomic mass is 10.1. The molecule has 1 aromatic carbocycles. The summed E-state index contributed by atoms with van der Waals surface area (Å²) in [6.07, 6.45) is -6.85. The summed E-state index contributed by atoms with van der Waals surface area (Å²) in [5, 5.41) is 6.75. The molecule has 2 atom stereocenters. The molecular weight excluding hydrogens is 770 g/mol. The van der Waals surface area contributed by atoms with Crippen LogP contribution < -0.4 is 16.4 Å². The van der Waals surface area contributed by atoms with E-state index in [9.17, 15) is 35.9 Å². The number of benzene rings is 1. The predicted octanol–water partition coefficient (Wildman–Crippen LogP) is 8.79. The minimum absolute atomic E-state index is 0.0189. The van der Waals surface area contributed by atoms with Gasteiger partial charge < -0.3 is 19.0 Å². The Kier molecular flexibility index (Phi) is 12.9. The number of nitrogens with one attached hydrogen (secondary N) is 1. The third-order valence-corrected chi connectivity index (χ3v) is 15.9. The second-order valence-corrected chi connectivity index (χ2v) is 26.6. The van der Waals surface area contributed by atoms with Crippen molar-refractivity contribution in [3.05, 3.63) is 80.6 Å². The lowest BCUT2D eigenvalue weighted by molar-refractivity contribution is -0.139. The Labute approximate surface area is 316 Å². The average molecular weight is 817 g/mol. The van der Waals surface area contributed by atoms with Crippen LogP contribution in [0.25, 0.3) is 22.2 Å². The predicted molar refractivity (Wildman–Crippen MR) is 202 cm³/mol. The molecule has 3 heterocycles. The molecule has 0 saturated heterocycles. The number of rotatable bonds is 14. The van der Waals surface area contributed by atoms with Crippen molar-refractivity contribution in [1.29, 1.82) is 0 Å². The molecule has 55 heavy (non-hydrogen) atoms. The molecule has 4 aromatic rings. The van der Waals surface area contributed by atoms with Crippen LogP contribution in [0, 0.1) is 5.82 Å². The molecule has 1 N–H and O–H groups in total. The second-order valence-electron chi connectivity index (χ2n) is 16.2. The molecule has 0 amide bonds. The first-order chi connectivity index (χ1) is 25.2. The molecule has 19 heteroatoms. The summed E-state index contributed by atoms with van der Waals surface area (Å²) in [7, 11) is -4.05. The first kappa shape index (κ1) is 43.8. The molecule has 4 rings (SSSR count). The third-order valence-electron chi connectivity index (χ3n) is 9.67. The van der Waals surface area contributed by atoms with E-state index in [1.165, 1.54) is 22.9 Å². The molecule has 3 aromatic heterocycles. The van der Waals surface area contributed by atoms with Gasteiger partial charge in [0.25, 0.3) is 11.1 Å². The van der Waals surface area contributed by atoms with Crippen molar-refractivity contribution < 1.29 is 39.9 Å². The smallest absolute Gasteiger partial charge is 0.412 e. The highest BCUT2D eigenvalue weighted by atomic mass is 28.4. The number of fused-ring (bicyclic) bond motifs is 1. The standard InChI is InChI=1S/C36H47F7N6O4Si2/c1-22(47-28-20-46-49(21-52-14-15-54(5,6)7)33(51)30(28)36(41,42)43)29(53-55(8,9)34(2,3)4)11-13-48-12-10-23-16-26(27(37)17-25(23)32(48)50)31-44-18-24(19-45-31)35(38,39)40/h10,12,16-20,22,29,47H,11,13-15,21H2,1-9H3. The quantitative estimate of drug-likeness (QED) is 0.0764. The normalized spacial score (nSPS) is 14.3. The fraction of sp³-hybridized carbons (Fsp3) is 0.528. The van der Waals surface area contributed by atoms with Crippen LogP contribution in [-0.2, 0) is 34.8 Å². The van der Waals surface area contributed by atoms with E-state index in [0.29, 0.717) is 17.1 Å². The molecular formula is C36H47F7N6O4Si2. The molecule has 0 bridgehead atoms. The van der Waals surface area contributed by atoms with Crippen LogP contribution in [-0.4, -0.2) is 59.5 Å². The van der Waals surface area contributed by atoms with Gasteiger partial charge in [0.15, 0.2) is 14.1 Å². The lowest BCUT2D eigenvalue weighted by Gasteiger charge is -2.41. The average Bonchev–Trinajstić information content (AvgIpc) is 3.04. The molecule has 0 spiro atoms. The van der Waals surface area contributed by atoms with E-state index in [-0.39, 0.29) is 46.8 Å². The number of ether oxygens (including phenoxy) is 1. The van der Waals surface area contributed by atoms with Crippen LogP contribution >= 0.6 is 0 Å². The van der Waals surface area contributed by atoms with Gasteiger partial charge in [-0.05, 0) is 61.1 Å². The highest BCUT2D eigenvalue weighted by molar-refractivity contribution is 6.76. The Morgan fingerprint density at radius 3 is 2.11 bits per heavy atom. The number of halogens is 7. The van der Waals surface area contributed by atoms with Crippen molar-refractivity contribution in [2.24, 2.45) is 0 Å². The SMILES string of the molecule is CC(Nc1cnn(COCC[Si](C)(C)C)c(=O)c1C(F)(F)F)C(CCn1ccc2cc(-c3ncc(C(F)(F)F)cn3)c(F)cc2c1=O)O[Si](C)(C)C(C)(C)C. The Morgan fingerprint density at radius 2 is 1.55 bits per heavy atom. The fourth-order valence-electron chi connectivity index (χ4n) is 5.33. The van der Waals surface area contributed by atoms with Crippen LogP contribution in [0.4, 0.5) is 36.4 Å². The number of hydrogen-bond donors (Lipinski definition) is 1. The summed E-state index contributed by atoms with van der Waals surface area (Å²) >= 11 is 0. The van der Waals surface area contributed by atoms with Crippen LogP contribution in [0.2, 0.25) is 43.8 Å². The lowest BCUT2D eigenvalue weighted by Crippen LogP contribution is -2.48. The van der Waals surface area contributed by atoms with Crippen LogP contribution in [0.5, 0.6) is 0 Å². The zero-order chi connectivity index (χ0) is 41.3. The monoisotopic (exact) mass is 816 g/mol. The van der Waals surface area contributed by atoms with Gasteiger partial charge in [-0.15, -0.1) is 0 Å².